The van der Waals surface area contributed by atoms with Crippen molar-refractivity contribution in [3.05, 3.63) is 35.9 Å². The number of hydrogen-bond donors (Lipinski definition) is 2. The summed E-state index contributed by atoms with van der Waals surface area (Å²) in [5, 5.41) is 3.33. The number of nitrogens with zero attached hydrogens (tertiary/aromatic N) is 1. The smallest absolute Gasteiger partial charge is 0.225 e. The minimum Gasteiger partial charge on any atom is -0.353 e. The molecule has 0 spiro atoms. The molecule has 4 rings (SSSR count). The summed E-state index contributed by atoms with van der Waals surface area (Å²) in [5.74, 6) is 1.43. The molecular weight excluding hydrogens is 310 g/mol. The molecule has 5 unspecified atom stereocenters. The molecule has 136 valence electrons. The fraction of sp³-hybridized carbons (Fsp3) is 0.667. The van der Waals surface area contributed by atoms with E-state index in [1.165, 1.54) is 24.8 Å². The molecule has 4 nitrogen and oxygen atoms in total. The number of fused-ring (bicyclic) bond motifs is 2. The van der Waals surface area contributed by atoms with Crippen LogP contribution in [0.15, 0.2) is 30.3 Å². The van der Waals surface area contributed by atoms with Crippen molar-refractivity contribution in [1.29, 1.82) is 0 Å². The maximum Gasteiger partial charge on any atom is 0.225 e. The molecular formula is C21H31N3O. The molecule has 2 aliphatic carbocycles. The van der Waals surface area contributed by atoms with Crippen molar-refractivity contribution in [2.75, 3.05) is 13.1 Å². The van der Waals surface area contributed by atoms with Crippen LogP contribution in [-0.2, 0) is 4.79 Å². The molecule has 1 saturated heterocycles. The van der Waals surface area contributed by atoms with Gasteiger partial charge in [-0.2, -0.15) is 0 Å². The molecule has 1 aromatic rings. The zero-order valence-electron chi connectivity index (χ0n) is 15.2. The first kappa shape index (κ1) is 17.0. The lowest BCUT2D eigenvalue weighted by Gasteiger charge is -2.37. The van der Waals surface area contributed by atoms with Gasteiger partial charge in [0.15, 0.2) is 0 Å². The fourth-order valence-corrected chi connectivity index (χ4v) is 5.40. The Morgan fingerprint density at radius 3 is 2.44 bits per heavy atom. The van der Waals surface area contributed by atoms with Crippen LogP contribution in [0.4, 0.5) is 0 Å². The molecule has 1 heterocycles. The van der Waals surface area contributed by atoms with E-state index >= 15 is 0 Å². The number of carbonyl (C=O) groups excluding carboxylic acids is 1. The summed E-state index contributed by atoms with van der Waals surface area (Å²) < 4.78 is 0. The minimum atomic E-state index is 0.0695. The third kappa shape index (κ3) is 3.34. The normalized spacial score (nSPS) is 34.2. The number of carbonyl (C=O) groups is 1. The van der Waals surface area contributed by atoms with Crippen LogP contribution in [0.2, 0.25) is 0 Å². The molecule has 4 heteroatoms. The van der Waals surface area contributed by atoms with Crippen LogP contribution in [0.25, 0.3) is 0 Å². The van der Waals surface area contributed by atoms with Gasteiger partial charge in [0.2, 0.25) is 5.91 Å². The van der Waals surface area contributed by atoms with Crippen LogP contribution >= 0.6 is 0 Å². The van der Waals surface area contributed by atoms with E-state index in [-0.39, 0.29) is 17.9 Å². The quantitative estimate of drug-likeness (QED) is 0.885. The summed E-state index contributed by atoms with van der Waals surface area (Å²) in [6, 6.07) is 11.5. The number of likely N-dealkylation sites (tertiary alicyclic amines) is 1. The lowest BCUT2D eigenvalue weighted by Crippen LogP contribution is -2.51. The fourth-order valence-electron chi connectivity index (χ4n) is 5.40. The second kappa shape index (κ2) is 7.08. The Hall–Kier alpha value is -1.39. The van der Waals surface area contributed by atoms with Crippen molar-refractivity contribution in [3.63, 3.8) is 0 Å². The molecule has 0 aromatic heterocycles. The van der Waals surface area contributed by atoms with Crippen molar-refractivity contribution in [1.82, 2.24) is 10.2 Å². The van der Waals surface area contributed by atoms with E-state index in [1.54, 1.807) is 0 Å². The van der Waals surface area contributed by atoms with Gasteiger partial charge in [-0.1, -0.05) is 30.3 Å². The van der Waals surface area contributed by atoms with Crippen LogP contribution in [-0.4, -0.2) is 36.0 Å². The van der Waals surface area contributed by atoms with Crippen LogP contribution in [0.5, 0.6) is 0 Å². The van der Waals surface area contributed by atoms with Crippen molar-refractivity contribution >= 4 is 5.91 Å². The number of piperidine rings is 1. The lowest BCUT2D eigenvalue weighted by molar-refractivity contribution is -0.128. The average Bonchev–Trinajstić information content (AvgIpc) is 3.23. The second-order valence-corrected chi connectivity index (χ2v) is 8.34. The number of nitrogens with one attached hydrogen (secondary N) is 1. The Morgan fingerprint density at radius 2 is 1.80 bits per heavy atom. The van der Waals surface area contributed by atoms with Gasteiger partial charge in [0, 0.05) is 31.2 Å². The highest BCUT2D eigenvalue weighted by Gasteiger charge is 2.49. The summed E-state index contributed by atoms with van der Waals surface area (Å²) in [6.45, 7) is 4.37. The molecule has 1 aliphatic heterocycles. The Labute approximate surface area is 151 Å². The van der Waals surface area contributed by atoms with Crippen LogP contribution in [0.1, 0.15) is 50.6 Å². The molecule has 1 amide bonds. The Bertz CT molecular complexity index is 594. The minimum absolute atomic E-state index is 0.0695. The maximum atomic E-state index is 12.7. The number of nitrogens with two attached hydrogens (primary N) is 1. The monoisotopic (exact) mass is 341 g/mol. The van der Waals surface area contributed by atoms with Gasteiger partial charge in [-0.25, -0.2) is 0 Å². The zero-order chi connectivity index (χ0) is 17.4. The van der Waals surface area contributed by atoms with Crippen LogP contribution < -0.4 is 11.1 Å². The third-order valence-corrected chi connectivity index (χ3v) is 6.99. The van der Waals surface area contributed by atoms with E-state index in [0.29, 0.717) is 23.9 Å². The van der Waals surface area contributed by atoms with Crippen molar-refractivity contribution in [2.45, 2.75) is 57.2 Å². The van der Waals surface area contributed by atoms with Gasteiger partial charge in [-0.3, -0.25) is 9.69 Å². The van der Waals surface area contributed by atoms with Crippen molar-refractivity contribution < 1.29 is 4.79 Å². The molecule has 2 saturated carbocycles. The van der Waals surface area contributed by atoms with E-state index in [9.17, 15) is 4.79 Å². The molecule has 0 radical (unpaired) electrons. The second-order valence-electron chi connectivity index (χ2n) is 8.34. The highest BCUT2D eigenvalue weighted by molar-refractivity contribution is 5.80. The van der Waals surface area contributed by atoms with E-state index < -0.39 is 0 Å². The molecule has 2 bridgehead atoms. The SMILES string of the molecule is CC(c1ccccc1)N1CCC(NC(=O)C2C3CCC(C3)C2N)CC1. The van der Waals surface area contributed by atoms with E-state index in [0.717, 1.165) is 25.9 Å². The summed E-state index contributed by atoms with van der Waals surface area (Å²) in [5.41, 5.74) is 7.70. The first-order valence-corrected chi connectivity index (χ1v) is 9.98. The standard InChI is InChI=1S/C21H31N3O/c1-14(15-5-3-2-4-6-15)24-11-9-18(10-12-24)23-21(25)19-16-7-8-17(13-16)20(19)22/h2-6,14,16-20H,7-13,22H2,1H3,(H,23,25). The third-order valence-electron chi connectivity index (χ3n) is 6.99. The van der Waals surface area contributed by atoms with Gasteiger partial charge in [-0.05, 0) is 56.4 Å². The number of rotatable bonds is 4. The summed E-state index contributed by atoms with van der Waals surface area (Å²) >= 11 is 0. The van der Waals surface area contributed by atoms with Gasteiger partial charge in [0.25, 0.3) is 0 Å². The Morgan fingerprint density at radius 1 is 1.12 bits per heavy atom. The van der Waals surface area contributed by atoms with Gasteiger partial charge in [-0.15, -0.1) is 0 Å². The predicted molar refractivity (Wildman–Crippen MR) is 99.9 cm³/mol. The topological polar surface area (TPSA) is 58.4 Å². The summed E-state index contributed by atoms with van der Waals surface area (Å²) in [6.07, 6.45) is 5.68. The molecule has 25 heavy (non-hydrogen) atoms. The number of benzene rings is 1. The molecule has 3 aliphatic rings. The Balaban J connectivity index is 1.28. The highest BCUT2D eigenvalue weighted by Crippen LogP contribution is 2.47. The first-order valence-electron chi connectivity index (χ1n) is 9.98. The Kier molecular flexibility index (Phi) is 4.83. The zero-order valence-corrected chi connectivity index (χ0v) is 15.2. The lowest BCUT2D eigenvalue weighted by atomic mass is 9.84. The molecule has 3 N–H and O–H groups in total. The van der Waals surface area contributed by atoms with Gasteiger partial charge in [0.1, 0.15) is 0 Å². The first-order chi connectivity index (χ1) is 12.1. The van der Waals surface area contributed by atoms with Gasteiger partial charge < -0.3 is 11.1 Å². The number of amides is 1. The van der Waals surface area contributed by atoms with E-state index in [4.69, 9.17) is 5.73 Å². The van der Waals surface area contributed by atoms with Crippen LogP contribution in [0.3, 0.4) is 0 Å². The molecule has 3 fully saturated rings. The predicted octanol–water partition coefficient (Wildman–Crippen LogP) is 2.70. The van der Waals surface area contributed by atoms with E-state index in [1.807, 2.05) is 0 Å². The van der Waals surface area contributed by atoms with Gasteiger partial charge >= 0.3 is 0 Å². The van der Waals surface area contributed by atoms with Gasteiger partial charge in [0.05, 0.1) is 5.92 Å². The maximum absolute atomic E-state index is 12.7. The summed E-state index contributed by atoms with van der Waals surface area (Å²) in [7, 11) is 0. The number of hydrogen-bond acceptors (Lipinski definition) is 3. The highest BCUT2D eigenvalue weighted by atomic mass is 16.2. The van der Waals surface area contributed by atoms with Crippen molar-refractivity contribution in [2.24, 2.45) is 23.5 Å². The van der Waals surface area contributed by atoms with Crippen molar-refractivity contribution in [3.8, 4) is 0 Å². The molecule has 1 aromatic carbocycles. The summed E-state index contributed by atoms with van der Waals surface area (Å²) in [4.78, 5) is 15.3. The molecule has 5 atom stereocenters. The van der Waals surface area contributed by atoms with Crippen LogP contribution in [0, 0.1) is 17.8 Å². The largest absolute Gasteiger partial charge is 0.353 e. The van der Waals surface area contributed by atoms with E-state index in [2.05, 4.69) is 47.5 Å². The average molecular weight is 341 g/mol.